The molecule has 0 radical (unpaired) electrons. The standard InChI is InChI=1S/C23H28FN5O3/c1-3-31-23(30)19-16(2)32-22-20(19)21(26-15-27-22)25-9-4-10-28-11-13-29(14-12-28)18-7-5-17(24)6-8-18/h5-8,15H,3-4,9-14H2,1-2H3,(H,25,26,27). The number of piperazine rings is 1. The molecule has 32 heavy (non-hydrogen) atoms. The van der Waals surface area contributed by atoms with Gasteiger partial charge in [-0.05, 0) is 51.1 Å². The third-order valence-corrected chi connectivity index (χ3v) is 5.65. The van der Waals surface area contributed by atoms with Crippen LogP contribution in [0, 0.1) is 12.7 Å². The van der Waals surface area contributed by atoms with Crippen LogP contribution in [0.2, 0.25) is 0 Å². The van der Waals surface area contributed by atoms with Crippen molar-refractivity contribution in [2.24, 2.45) is 0 Å². The molecule has 4 rings (SSSR count). The van der Waals surface area contributed by atoms with E-state index in [1.54, 1.807) is 13.8 Å². The number of hydrogen-bond donors (Lipinski definition) is 1. The molecule has 1 saturated heterocycles. The lowest BCUT2D eigenvalue weighted by atomic mass is 10.2. The summed E-state index contributed by atoms with van der Waals surface area (Å²) in [5.74, 6) is 0.415. The molecule has 9 heteroatoms. The molecular weight excluding hydrogens is 413 g/mol. The molecule has 2 aromatic heterocycles. The summed E-state index contributed by atoms with van der Waals surface area (Å²) in [5.41, 5.74) is 1.81. The van der Waals surface area contributed by atoms with Crippen LogP contribution in [0.5, 0.6) is 0 Å². The number of carbonyl (C=O) groups is 1. The average Bonchev–Trinajstić information content (AvgIpc) is 3.14. The predicted octanol–water partition coefficient (Wildman–Crippen LogP) is 3.47. The highest BCUT2D eigenvalue weighted by atomic mass is 19.1. The highest BCUT2D eigenvalue weighted by Gasteiger charge is 2.23. The van der Waals surface area contributed by atoms with Gasteiger partial charge < -0.3 is 19.4 Å². The molecule has 8 nitrogen and oxygen atoms in total. The van der Waals surface area contributed by atoms with E-state index in [0.717, 1.165) is 44.8 Å². The number of furan rings is 1. The molecule has 0 bridgehead atoms. The van der Waals surface area contributed by atoms with Gasteiger partial charge in [0.1, 0.15) is 29.3 Å². The third-order valence-electron chi connectivity index (χ3n) is 5.65. The second-order valence-electron chi connectivity index (χ2n) is 7.74. The summed E-state index contributed by atoms with van der Waals surface area (Å²) in [4.78, 5) is 25.5. The van der Waals surface area contributed by atoms with Crippen LogP contribution in [0.3, 0.4) is 0 Å². The number of ether oxygens (including phenoxy) is 1. The zero-order chi connectivity index (χ0) is 22.5. The lowest BCUT2D eigenvalue weighted by molar-refractivity contribution is 0.0526. The molecule has 0 aliphatic carbocycles. The summed E-state index contributed by atoms with van der Waals surface area (Å²) in [5, 5.41) is 3.89. The number of benzene rings is 1. The van der Waals surface area contributed by atoms with E-state index in [4.69, 9.17) is 9.15 Å². The van der Waals surface area contributed by atoms with Crippen LogP contribution >= 0.6 is 0 Å². The second-order valence-corrected chi connectivity index (χ2v) is 7.74. The van der Waals surface area contributed by atoms with Crippen LogP contribution in [0.4, 0.5) is 15.9 Å². The smallest absolute Gasteiger partial charge is 0.342 e. The molecule has 3 heterocycles. The first-order valence-corrected chi connectivity index (χ1v) is 10.9. The quantitative estimate of drug-likeness (QED) is 0.420. The number of esters is 1. The molecule has 1 aliphatic rings. The number of carbonyl (C=O) groups excluding carboxylic acids is 1. The Morgan fingerprint density at radius 2 is 1.94 bits per heavy atom. The van der Waals surface area contributed by atoms with Crippen molar-refractivity contribution in [1.82, 2.24) is 14.9 Å². The van der Waals surface area contributed by atoms with Gasteiger partial charge in [-0.2, -0.15) is 0 Å². The topological polar surface area (TPSA) is 83.7 Å². The van der Waals surface area contributed by atoms with E-state index in [1.165, 1.54) is 18.5 Å². The van der Waals surface area contributed by atoms with E-state index in [2.05, 4.69) is 25.1 Å². The Hall–Kier alpha value is -3.20. The number of hydrogen-bond acceptors (Lipinski definition) is 8. The zero-order valence-corrected chi connectivity index (χ0v) is 18.4. The van der Waals surface area contributed by atoms with Crippen molar-refractivity contribution in [3.05, 3.63) is 47.7 Å². The molecule has 0 atom stereocenters. The number of rotatable bonds is 8. The molecule has 1 aromatic carbocycles. The summed E-state index contributed by atoms with van der Waals surface area (Å²) in [6.45, 7) is 9.20. The predicted molar refractivity (Wildman–Crippen MR) is 121 cm³/mol. The molecule has 3 aromatic rings. The van der Waals surface area contributed by atoms with Gasteiger partial charge in [0.25, 0.3) is 0 Å². The minimum absolute atomic E-state index is 0.208. The van der Waals surface area contributed by atoms with Crippen molar-refractivity contribution in [2.45, 2.75) is 20.3 Å². The zero-order valence-electron chi connectivity index (χ0n) is 18.4. The third kappa shape index (κ3) is 4.83. The minimum Gasteiger partial charge on any atom is -0.462 e. The van der Waals surface area contributed by atoms with E-state index in [-0.39, 0.29) is 12.4 Å². The Bertz CT molecular complexity index is 1060. The molecule has 1 aliphatic heterocycles. The fourth-order valence-electron chi connectivity index (χ4n) is 4.02. The first-order chi connectivity index (χ1) is 15.6. The van der Waals surface area contributed by atoms with Crippen LogP contribution < -0.4 is 10.2 Å². The maximum Gasteiger partial charge on any atom is 0.342 e. The minimum atomic E-state index is -0.430. The van der Waals surface area contributed by atoms with Crippen LogP contribution in [0.1, 0.15) is 29.5 Å². The van der Waals surface area contributed by atoms with Crippen LogP contribution in [-0.2, 0) is 4.74 Å². The maximum atomic E-state index is 13.1. The molecule has 1 fully saturated rings. The lowest BCUT2D eigenvalue weighted by Gasteiger charge is -2.36. The van der Waals surface area contributed by atoms with Crippen molar-refractivity contribution in [1.29, 1.82) is 0 Å². The van der Waals surface area contributed by atoms with Crippen molar-refractivity contribution in [2.75, 3.05) is 56.1 Å². The van der Waals surface area contributed by atoms with Gasteiger partial charge in [0.2, 0.25) is 5.71 Å². The fraction of sp³-hybridized carbons (Fsp3) is 0.435. The van der Waals surface area contributed by atoms with Gasteiger partial charge in [-0.3, -0.25) is 4.90 Å². The number of anilines is 2. The SMILES string of the molecule is CCOC(=O)c1c(C)oc2ncnc(NCCCN3CCN(c4ccc(F)cc4)CC3)c12. The van der Waals surface area contributed by atoms with E-state index in [1.807, 2.05) is 12.1 Å². The maximum absolute atomic E-state index is 13.1. The normalized spacial score (nSPS) is 14.7. The van der Waals surface area contributed by atoms with Crippen molar-refractivity contribution in [3.63, 3.8) is 0 Å². The summed E-state index contributed by atoms with van der Waals surface area (Å²) < 4.78 is 23.9. The van der Waals surface area contributed by atoms with Gasteiger partial charge in [0.15, 0.2) is 0 Å². The number of aromatic nitrogens is 2. The number of fused-ring (bicyclic) bond motifs is 1. The Kier molecular flexibility index (Phi) is 6.84. The Labute approximate surface area is 186 Å². The summed E-state index contributed by atoms with van der Waals surface area (Å²) in [6.07, 6.45) is 2.35. The van der Waals surface area contributed by atoms with Gasteiger partial charge in [-0.1, -0.05) is 0 Å². The number of halogens is 1. The fourth-order valence-corrected chi connectivity index (χ4v) is 4.02. The highest BCUT2D eigenvalue weighted by Crippen LogP contribution is 2.29. The van der Waals surface area contributed by atoms with E-state index in [9.17, 15) is 9.18 Å². The van der Waals surface area contributed by atoms with Crippen LogP contribution in [0.25, 0.3) is 11.1 Å². The molecule has 0 spiro atoms. The van der Waals surface area contributed by atoms with Gasteiger partial charge in [0, 0.05) is 38.4 Å². The number of nitrogens with one attached hydrogen (secondary N) is 1. The summed E-state index contributed by atoms with van der Waals surface area (Å²) in [6, 6.07) is 6.68. The van der Waals surface area contributed by atoms with Crippen molar-refractivity contribution >= 4 is 28.6 Å². The van der Waals surface area contributed by atoms with Gasteiger partial charge in [0.05, 0.1) is 12.0 Å². The Morgan fingerprint density at radius 1 is 1.19 bits per heavy atom. The first-order valence-electron chi connectivity index (χ1n) is 10.9. The summed E-state index contributed by atoms with van der Waals surface area (Å²) >= 11 is 0. The van der Waals surface area contributed by atoms with Gasteiger partial charge >= 0.3 is 5.97 Å². The highest BCUT2D eigenvalue weighted by molar-refractivity contribution is 6.07. The summed E-state index contributed by atoms with van der Waals surface area (Å²) in [7, 11) is 0. The van der Waals surface area contributed by atoms with Crippen molar-refractivity contribution < 1.29 is 18.3 Å². The second kappa shape index (κ2) is 9.95. The first kappa shape index (κ1) is 22.0. The van der Waals surface area contributed by atoms with Crippen LogP contribution in [-0.4, -0.2) is 66.7 Å². The molecule has 170 valence electrons. The molecule has 0 unspecified atom stereocenters. The average molecular weight is 442 g/mol. The van der Waals surface area contributed by atoms with E-state index < -0.39 is 5.97 Å². The Balaban J connectivity index is 1.30. The lowest BCUT2D eigenvalue weighted by Crippen LogP contribution is -2.46. The van der Waals surface area contributed by atoms with E-state index in [0.29, 0.717) is 34.8 Å². The molecule has 1 N–H and O–H groups in total. The number of aryl methyl sites for hydroxylation is 1. The number of nitrogens with zero attached hydrogens (tertiary/aromatic N) is 4. The molecule has 0 amide bonds. The molecule has 0 saturated carbocycles. The van der Waals surface area contributed by atoms with Crippen molar-refractivity contribution in [3.8, 4) is 0 Å². The van der Waals surface area contributed by atoms with Gasteiger partial charge in [-0.15, -0.1) is 0 Å². The molecular formula is C23H28FN5O3. The van der Waals surface area contributed by atoms with E-state index >= 15 is 0 Å². The monoisotopic (exact) mass is 441 g/mol. The Morgan fingerprint density at radius 3 is 2.66 bits per heavy atom. The van der Waals surface area contributed by atoms with Crippen LogP contribution in [0.15, 0.2) is 35.0 Å². The van der Waals surface area contributed by atoms with Gasteiger partial charge in [-0.25, -0.2) is 19.2 Å². The largest absolute Gasteiger partial charge is 0.462 e.